The van der Waals surface area contributed by atoms with Crippen molar-refractivity contribution in [2.24, 2.45) is 5.92 Å². The lowest BCUT2D eigenvalue weighted by molar-refractivity contribution is -0.138. The molecule has 1 fully saturated rings. The number of likely N-dealkylation sites (tertiary alicyclic amines) is 1. The average molecular weight is 212 g/mol. The Morgan fingerprint density at radius 3 is 2.87 bits per heavy atom. The van der Waals surface area contributed by atoms with Crippen molar-refractivity contribution in [1.29, 1.82) is 0 Å². The Labute approximate surface area is 93.2 Å². The Morgan fingerprint density at radius 1 is 1.53 bits per heavy atom. The van der Waals surface area contributed by atoms with E-state index < -0.39 is 0 Å². The number of carbonyl (C=O) groups excluding carboxylic acids is 1. The smallest absolute Gasteiger partial charge is 0.225 e. The number of nitrogens with one attached hydrogen (secondary N) is 1. The summed E-state index contributed by atoms with van der Waals surface area (Å²) in [5, 5.41) is 3.19. The summed E-state index contributed by atoms with van der Waals surface area (Å²) in [7, 11) is 1.96. The quantitative estimate of drug-likeness (QED) is 0.768. The van der Waals surface area contributed by atoms with Crippen molar-refractivity contribution in [3.05, 3.63) is 0 Å². The molecule has 0 aromatic carbocycles. The van der Waals surface area contributed by atoms with Crippen molar-refractivity contribution >= 4 is 5.91 Å². The number of hydrogen-bond acceptors (Lipinski definition) is 2. The topological polar surface area (TPSA) is 32.3 Å². The molecule has 1 rings (SSSR count). The molecule has 1 aliphatic rings. The molecule has 15 heavy (non-hydrogen) atoms. The van der Waals surface area contributed by atoms with Crippen molar-refractivity contribution in [2.75, 3.05) is 20.1 Å². The molecular weight excluding hydrogens is 188 g/mol. The molecular formula is C12H24N2O. The van der Waals surface area contributed by atoms with Crippen LogP contribution in [0.15, 0.2) is 0 Å². The second kappa shape index (κ2) is 6.11. The molecule has 1 saturated heterocycles. The van der Waals surface area contributed by atoms with E-state index in [4.69, 9.17) is 0 Å². The molecule has 3 heteroatoms. The van der Waals surface area contributed by atoms with E-state index in [1.54, 1.807) is 0 Å². The highest BCUT2D eigenvalue weighted by Gasteiger charge is 2.28. The van der Waals surface area contributed by atoms with Gasteiger partial charge in [-0.2, -0.15) is 0 Å². The van der Waals surface area contributed by atoms with Gasteiger partial charge in [-0.05, 0) is 32.7 Å². The Morgan fingerprint density at radius 2 is 2.27 bits per heavy atom. The zero-order chi connectivity index (χ0) is 11.3. The first-order valence-corrected chi connectivity index (χ1v) is 6.15. The number of likely N-dealkylation sites (N-methyl/N-ethyl adjacent to an activating group) is 1. The van der Waals surface area contributed by atoms with Crippen LogP contribution < -0.4 is 5.32 Å². The molecule has 0 aliphatic carbocycles. The molecule has 0 aromatic heterocycles. The Bertz CT molecular complexity index is 204. The van der Waals surface area contributed by atoms with Crippen molar-refractivity contribution in [3.63, 3.8) is 0 Å². The van der Waals surface area contributed by atoms with Crippen LogP contribution >= 0.6 is 0 Å². The van der Waals surface area contributed by atoms with Gasteiger partial charge >= 0.3 is 0 Å². The predicted molar refractivity (Wildman–Crippen MR) is 62.7 cm³/mol. The van der Waals surface area contributed by atoms with E-state index in [1.807, 2.05) is 14.0 Å². The van der Waals surface area contributed by atoms with Crippen molar-refractivity contribution in [2.45, 2.75) is 45.6 Å². The number of carbonyl (C=O) groups is 1. The second-order valence-corrected chi connectivity index (χ2v) is 4.55. The molecule has 88 valence electrons. The van der Waals surface area contributed by atoms with E-state index in [-0.39, 0.29) is 5.92 Å². The molecule has 0 radical (unpaired) electrons. The van der Waals surface area contributed by atoms with E-state index in [9.17, 15) is 4.79 Å². The van der Waals surface area contributed by atoms with Gasteiger partial charge in [0.15, 0.2) is 0 Å². The summed E-state index contributed by atoms with van der Waals surface area (Å²) in [4.78, 5) is 14.2. The SMILES string of the molecule is CCC(C)C(=O)N1CCCCC1CNC. The molecule has 1 heterocycles. The highest BCUT2D eigenvalue weighted by molar-refractivity contribution is 5.78. The van der Waals surface area contributed by atoms with Gasteiger partial charge in [0, 0.05) is 25.0 Å². The lowest BCUT2D eigenvalue weighted by atomic mass is 9.98. The zero-order valence-electron chi connectivity index (χ0n) is 10.3. The van der Waals surface area contributed by atoms with Crippen LogP contribution in [-0.2, 0) is 4.79 Å². The summed E-state index contributed by atoms with van der Waals surface area (Å²) >= 11 is 0. The first kappa shape index (κ1) is 12.5. The summed E-state index contributed by atoms with van der Waals surface area (Å²) < 4.78 is 0. The lowest BCUT2D eigenvalue weighted by Crippen LogP contribution is -2.49. The van der Waals surface area contributed by atoms with Gasteiger partial charge in [-0.3, -0.25) is 4.79 Å². The maximum Gasteiger partial charge on any atom is 0.225 e. The summed E-state index contributed by atoms with van der Waals surface area (Å²) in [6.45, 7) is 6.00. The molecule has 2 unspecified atom stereocenters. The fraction of sp³-hybridized carbons (Fsp3) is 0.917. The van der Waals surface area contributed by atoms with Gasteiger partial charge < -0.3 is 10.2 Å². The van der Waals surface area contributed by atoms with Crippen LogP contribution in [-0.4, -0.2) is 37.0 Å². The average Bonchev–Trinajstić information content (AvgIpc) is 2.28. The Balaban J connectivity index is 2.58. The van der Waals surface area contributed by atoms with Gasteiger partial charge in [-0.1, -0.05) is 13.8 Å². The number of nitrogens with zero attached hydrogens (tertiary/aromatic N) is 1. The van der Waals surface area contributed by atoms with Crippen LogP contribution in [0.4, 0.5) is 0 Å². The van der Waals surface area contributed by atoms with Crippen LogP contribution in [0.5, 0.6) is 0 Å². The van der Waals surface area contributed by atoms with Gasteiger partial charge in [-0.25, -0.2) is 0 Å². The van der Waals surface area contributed by atoms with E-state index in [0.29, 0.717) is 11.9 Å². The number of hydrogen-bond donors (Lipinski definition) is 1. The van der Waals surface area contributed by atoms with Crippen LogP contribution in [0.25, 0.3) is 0 Å². The molecule has 1 aliphatic heterocycles. The van der Waals surface area contributed by atoms with E-state index in [1.165, 1.54) is 12.8 Å². The molecule has 3 nitrogen and oxygen atoms in total. The molecule has 0 bridgehead atoms. The van der Waals surface area contributed by atoms with Crippen molar-refractivity contribution in [3.8, 4) is 0 Å². The maximum absolute atomic E-state index is 12.1. The maximum atomic E-state index is 12.1. The standard InChI is InChI=1S/C12H24N2O/c1-4-10(2)12(15)14-8-6-5-7-11(14)9-13-3/h10-11,13H,4-9H2,1-3H3. The summed E-state index contributed by atoms with van der Waals surface area (Å²) in [5.41, 5.74) is 0. The fourth-order valence-electron chi connectivity index (χ4n) is 2.20. The second-order valence-electron chi connectivity index (χ2n) is 4.55. The third-order valence-electron chi connectivity index (χ3n) is 3.38. The van der Waals surface area contributed by atoms with Crippen LogP contribution in [0, 0.1) is 5.92 Å². The molecule has 0 aromatic rings. The molecule has 1 amide bonds. The van der Waals surface area contributed by atoms with E-state index >= 15 is 0 Å². The number of piperidine rings is 1. The Kier molecular flexibility index (Phi) is 5.09. The largest absolute Gasteiger partial charge is 0.338 e. The normalized spacial score (nSPS) is 23.9. The van der Waals surface area contributed by atoms with Crippen LogP contribution in [0.1, 0.15) is 39.5 Å². The number of rotatable bonds is 4. The summed E-state index contributed by atoms with van der Waals surface area (Å²) in [5.74, 6) is 0.528. The van der Waals surface area contributed by atoms with E-state index in [2.05, 4.69) is 17.1 Å². The zero-order valence-corrected chi connectivity index (χ0v) is 10.3. The van der Waals surface area contributed by atoms with Crippen LogP contribution in [0.3, 0.4) is 0 Å². The number of amides is 1. The molecule has 0 saturated carbocycles. The minimum atomic E-state index is 0.183. The van der Waals surface area contributed by atoms with Crippen molar-refractivity contribution < 1.29 is 4.79 Å². The predicted octanol–water partition coefficient (Wildman–Crippen LogP) is 1.63. The van der Waals surface area contributed by atoms with Gasteiger partial charge in [-0.15, -0.1) is 0 Å². The third kappa shape index (κ3) is 3.20. The minimum Gasteiger partial charge on any atom is -0.338 e. The van der Waals surface area contributed by atoms with Gasteiger partial charge in [0.2, 0.25) is 5.91 Å². The fourth-order valence-corrected chi connectivity index (χ4v) is 2.20. The van der Waals surface area contributed by atoms with Crippen LogP contribution in [0.2, 0.25) is 0 Å². The molecule has 2 atom stereocenters. The Hall–Kier alpha value is -0.570. The first-order valence-electron chi connectivity index (χ1n) is 6.15. The lowest BCUT2D eigenvalue weighted by Gasteiger charge is -2.37. The highest BCUT2D eigenvalue weighted by Crippen LogP contribution is 2.19. The van der Waals surface area contributed by atoms with Gasteiger partial charge in [0.05, 0.1) is 0 Å². The van der Waals surface area contributed by atoms with E-state index in [0.717, 1.165) is 25.9 Å². The van der Waals surface area contributed by atoms with Gasteiger partial charge in [0.25, 0.3) is 0 Å². The summed E-state index contributed by atoms with van der Waals surface area (Å²) in [6.07, 6.45) is 4.53. The molecule has 0 spiro atoms. The summed E-state index contributed by atoms with van der Waals surface area (Å²) in [6, 6.07) is 0.422. The molecule has 1 N–H and O–H groups in total. The van der Waals surface area contributed by atoms with Gasteiger partial charge in [0.1, 0.15) is 0 Å². The van der Waals surface area contributed by atoms with Crippen molar-refractivity contribution in [1.82, 2.24) is 10.2 Å². The minimum absolute atomic E-state index is 0.183. The first-order chi connectivity index (χ1) is 7.20. The highest BCUT2D eigenvalue weighted by atomic mass is 16.2. The third-order valence-corrected chi connectivity index (χ3v) is 3.38. The monoisotopic (exact) mass is 212 g/mol.